The van der Waals surface area contributed by atoms with Gasteiger partial charge < -0.3 is 14.0 Å². The van der Waals surface area contributed by atoms with Crippen molar-refractivity contribution in [2.45, 2.75) is 31.7 Å². The third-order valence-electron chi connectivity index (χ3n) is 3.63. The molecule has 0 unspecified atom stereocenters. The summed E-state index contributed by atoms with van der Waals surface area (Å²) in [5.74, 6) is 1.56. The molecule has 1 aromatic carbocycles. The van der Waals surface area contributed by atoms with Crippen LogP contribution < -0.4 is 14.2 Å². The summed E-state index contributed by atoms with van der Waals surface area (Å²) >= 11 is 0. The number of ether oxygens (including phenoxy) is 2. The molecule has 0 spiro atoms. The highest BCUT2D eigenvalue weighted by atomic mass is 32.2. The molecule has 0 saturated carbocycles. The molecule has 0 fully saturated rings. The van der Waals surface area contributed by atoms with Gasteiger partial charge in [-0.15, -0.1) is 0 Å². The Balaban J connectivity index is 1.85. The number of nitrogens with zero attached hydrogens (tertiary/aromatic N) is 1. The predicted octanol–water partition coefficient (Wildman–Crippen LogP) is 2.10. The van der Waals surface area contributed by atoms with Gasteiger partial charge in [0.25, 0.3) is 0 Å². The molecule has 1 N–H and O–H groups in total. The lowest BCUT2D eigenvalue weighted by atomic mass is 10.1. The Morgan fingerprint density at radius 2 is 1.87 bits per heavy atom. The lowest BCUT2D eigenvalue weighted by Gasteiger charge is -2.21. The van der Waals surface area contributed by atoms with E-state index in [1.54, 1.807) is 32.9 Å². The summed E-state index contributed by atoms with van der Waals surface area (Å²) in [4.78, 5) is 0.0851. The lowest BCUT2D eigenvalue weighted by Crippen LogP contribution is -2.27. The first-order chi connectivity index (χ1) is 10.9. The third kappa shape index (κ3) is 3.04. The van der Waals surface area contributed by atoms with Gasteiger partial charge in [-0.1, -0.05) is 11.2 Å². The van der Waals surface area contributed by atoms with Crippen LogP contribution in [0.25, 0.3) is 0 Å². The molecular weight excluding hydrogens is 320 g/mol. The molecule has 1 aromatic heterocycles. The molecule has 0 saturated heterocycles. The fourth-order valence-corrected chi connectivity index (χ4v) is 4.11. The average Bonchev–Trinajstić information content (AvgIpc) is 2.86. The number of aromatic nitrogens is 1. The lowest BCUT2D eigenvalue weighted by molar-refractivity contribution is 0.171. The molecular formula is C15H18N2O5S. The van der Waals surface area contributed by atoms with Crippen molar-refractivity contribution in [2.75, 3.05) is 13.2 Å². The van der Waals surface area contributed by atoms with Crippen LogP contribution in [0.15, 0.2) is 27.6 Å². The maximum absolute atomic E-state index is 12.5. The van der Waals surface area contributed by atoms with Crippen LogP contribution in [0.5, 0.6) is 11.5 Å². The van der Waals surface area contributed by atoms with Gasteiger partial charge in [0.05, 0.1) is 0 Å². The van der Waals surface area contributed by atoms with Crippen LogP contribution in [0.3, 0.4) is 0 Å². The maximum Gasteiger partial charge on any atom is 0.246 e. The zero-order valence-corrected chi connectivity index (χ0v) is 13.9. The van der Waals surface area contributed by atoms with Crippen LogP contribution in [0.1, 0.15) is 30.0 Å². The number of benzene rings is 1. The van der Waals surface area contributed by atoms with Gasteiger partial charge in [0.1, 0.15) is 23.8 Å². The maximum atomic E-state index is 12.5. The quantitative estimate of drug-likeness (QED) is 0.918. The Labute approximate surface area is 134 Å². The van der Waals surface area contributed by atoms with Gasteiger partial charge in [-0.3, -0.25) is 0 Å². The number of rotatable bonds is 4. The van der Waals surface area contributed by atoms with Gasteiger partial charge >= 0.3 is 0 Å². The van der Waals surface area contributed by atoms with E-state index in [-0.39, 0.29) is 10.7 Å². The van der Waals surface area contributed by atoms with E-state index in [4.69, 9.17) is 14.0 Å². The fourth-order valence-electron chi connectivity index (χ4n) is 2.55. The minimum atomic E-state index is -3.73. The molecule has 0 bridgehead atoms. The Morgan fingerprint density at radius 1 is 1.17 bits per heavy atom. The molecule has 0 radical (unpaired) electrons. The van der Waals surface area contributed by atoms with Gasteiger partial charge in [0.2, 0.25) is 10.0 Å². The number of sulfonamides is 1. The first-order valence-electron chi connectivity index (χ1n) is 7.23. The molecule has 23 heavy (non-hydrogen) atoms. The topological polar surface area (TPSA) is 90.7 Å². The molecule has 7 nitrogen and oxygen atoms in total. The second-order valence-electron chi connectivity index (χ2n) is 5.40. The summed E-state index contributed by atoms with van der Waals surface area (Å²) in [5, 5.41) is 3.69. The van der Waals surface area contributed by atoms with Crippen LogP contribution in [-0.2, 0) is 10.0 Å². The number of fused-ring (bicyclic) bond motifs is 1. The van der Waals surface area contributed by atoms with Crippen molar-refractivity contribution in [2.24, 2.45) is 0 Å². The van der Waals surface area contributed by atoms with Crippen molar-refractivity contribution in [1.29, 1.82) is 0 Å². The average molecular weight is 338 g/mol. The van der Waals surface area contributed by atoms with Gasteiger partial charge in [-0.05, 0) is 38.5 Å². The summed E-state index contributed by atoms with van der Waals surface area (Å²) in [6.07, 6.45) is 0. The van der Waals surface area contributed by atoms with Gasteiger partial charge in [-0.2, -0.15) is 0 Å². The third-order valence-corrected chi connectivity index (χ3v) is 5.42. The molecule has 1 atom stereocenters. The van der Waals surface area contributed by atoms with Gasteiger partial charge in [0.15, 0.2) is 17.3 Å². The fraction of sp³-hybridized carbons (Fsp3) is 0.400. The summed E-state index contributed by atoms with van der Waals surface area (Å²) in [7, 11) is -3.73. The van der Waals surface area contributed by atoms with Crippen LogP contribution in [0.4, 0.5) is 0 Å². The van der Waals surface area contributed by atoms with Crippen LogP contribution in [0.2, 0.25) is 0 Å². The zero-order chi connectivity index (χ0) is 16.6. The minimum absolute atomic E-state index is 0.0851. The van der Waals surface area contributed by atoms with E-state index in [0.717, 1.165) is 5.56 Å². The Bertz CT molecular complexity index is 809. The highest BCUT2D eigenvalue weighted by Crippen LogP contribution is 2.33. The smallest absolute Gasteiger partial charge is 0.246 e. The van der Waals surface area contributed by atoms with Crippen molar-refractivity contribution in [3.63, 3.8) is 0 Å². The van der Waals surface area contributed by atoms with Crippen molar-refractivity contribution >= 4 is 10.0 Å². The van der Waals surface area contributed by atoms with Crippen LogP contribution in [0, 0.1) is 13.8 Å². The van der Waals surface area contributed by atoms with E-state index in [2.05, 4.69) is 9.88 Å². The Morgan fingerprint density at radius 3 is 2.52 bits per heavy atom. The summed E-state index contributed by atoms with van der Waals surface area (Å²) in [6, 6.07) is 4.94. The SMILES string of the molecule is Cc1noc(C)c1S(=O)(=O)N[C@@H](C)c1ccc2c(c1)OCCO2. The highest BCUT2D eigenvalue weighted by molar-refractivity contribution is 7.89. The first kappa shape index (κ1) is 15.8. The first-order valence-corrected chi connectivity index (χ1v) is 8.71. The normalized spacial score (nSPS) is 15.4. The predicted molar refractivity (Wildman–Crippen MR) is 82.1 cm³/mol. The number of hydrogen-bond acceptors (Lipinski definition) is 6. The summed E-state index contributed by atoms with van der Waals surface area (Å²) < 4.78 is 43.7. The highest BCUT2D eigenvalue weighted by Gasteiger charge is 2.26. The number of aryl methyl sites for hydroxylation is 2. The number of nitrogens with one attached hydrogen (secondary N) is 1. The molecule has 124 valence electrons. The van der Waals surface area contributed by atoms with Crippen molar-refractivity contribution in [3.05, 3.63) is 35.2 Å². The Hall–Kier alpha value is -2.06. The standard InChI is InChI=1S/C15H18N2O5S/c1-9(12-4-5-13-14(8-12)21-7-6-20-13)17-23(18,19)15-10(2)16-22-11(15)3/h4-5,8-9,17H,6-7H2,1-3H3/t9-/m0/s1. The van der Waals surface area contributed by atoms with E-state index in [1.165, 1.54) is 0 Å². The Kier molecular flexibility index (Phi) is 4.03. The van der Waals surface area contributed by atoms with E-state index in [1.807, 2.05) is 6.07 Å². The van der Waals surface area contributed by atoms with Crippen LogP contribution >= 0.6 is 0 Å². The second kappa shape index (κ2) is 5.86. The summed E-state index contributed by atoms with van der Waals surface area (Å²) in [6.45, 7) is 5.93. The van der Waals surface area contributed by atoms with E-state index in [0.29, 0.717) is 30.4 Å². The molecule has 2 heterocycles. The number of hydrogen-bond donors (Lipinski definition) is 1. The van der Waals surface area contributed by atoms with Gasteiger partial charge in [-0.25, -0.2) is 13.1 Å². The molecule has 1 aliphatic heterocycles. The molecule has 0 amide bonds. The van der Waals surface area contributed by atoms with E-state index < -0.39 is 16.1 Å². The molecule has 8 heteroatoms. The minimum Gasteiger partial charge on any atom is -0.486 e. The second-order valence-corrected chi connectivity index (χ2v) is 7.05. The molecule has 2 aromatic rings. The monoisotopic (exact) mass is 338 g/mol. The van der Waals surface area contributed by atoms with Crippen molar-refractivity contribution in [1.82, 2.24) is 9.88 Å². The zero-order valence-electron chi connectivity index (χ0n) is 13.1. The van der Waals surface area contributed by atoms with Crippen molar-refractivity contribution < 1.29 is 22.4 Å². The summed E-state index contributed by atoms with van der Waals surface area (Å²) in [5.41, 5.74) is 1.12. The van der Waals surface area contributed by atoms with Crippen LogP contribution in [-0.4, -0.2) is 26.8 Å². The van der Waals surface area contributed by atoms with Crippen molar-refractivity contribution in [3.8, 4) is 11.5 Å². The largest absolute Gasteiger partial charge is 0.486 e. The molecule has 1 aliphatic rings. The van der Waals surface area contributed by atoms with E-state index in [9.17, 15) is 8.42 Å². The molecule has 3 rings (SSSR count). The van der Waals surface area contributed by atoms with E-state index >= 15 is 0 Å². The van der Waals surface area contributed by atoms with Gasteiger partial charge in [0, 0.05) is 6.04 Å². The molecule has 0 aliphatic carbocycles.